The molecule has 4 rings (SSSR count). The normalized spacial score (nSPS) is 20.7. The molecular weight excluding hydrogens is 509 g/mol. The maximum Gasteiger partial charge on any atom is 0.435 e. The maximum atomic E-state index is 13.5. The van der Waals surface area contributed by atoms with Crippen LogP contribution in [0.1, 0.15) is 41.9 Å². The number of hydrogen-bond donors (Lipinski definition) is 1. The first-order chi connectivity index (χ1) is 17.4. The van der Waals surface area contributed by atoms with Crippen LogP contribution in [0, 0.1) is 0 Å². The molecule has 37 heavy (non-hydrogen) atoms. The number of carbonyl (C=O) groups is 1. The SMILES string of the molecule is CN1CCN(CCC2CCCCN2S(=O)(=O)c2ccc(NC(=O)c3cc(C(F)(F)F)nn3C)cc2)CC1. The molecule has 2 aliphatic heterocycles. The minimum Gasteiger partial charge on any atom is -0.321 e. The monoisotopic (exact) mass is 542 g/mol. The number of aryl methyl sites for hydroxylation is 1. The lowest BCUT2D eigenvalue weighted by Crippen LogP contribution is -2.48. The Kier molecular flexibility index (Phi) is 8.26. The molecule has 1 amide bonds. The van der Waals surface area contributed by atoms with Gasteiger partial charge in [0.05, 0.1) is 4.90 Å². The van der Waals surface area contributed by atoms with Gasteiger partial charge in [-0.2, -0.15) is 22.6 Å². The Morgan fingerprint density at radius 2 is 1.73 bits per heavy atom. The van der Waals surface area contributed by atoms with E-state index in [0.29, 0.717) is 12.6 Å². The molecule has 0 bridgehead atoms. The molecule has 204 valence electrons. The maximum absolute atomic E-state index is 13.5. The molecule has 0 spiro atoms. The third kappa shape index (κ3) is 6.51. The van der Waals surface area contributed by atoms with E-state index in [9.17, 15) is 26.4 Å². The van der Waals surface area contributed by atoms with Gasteiger partial charge in [-0.3, -0.25) is 9.48 Å². The van der Waals surface area contributed by atoms with Crippen LogP contribution < -0.4 is 5.32 Å². The zero-order valence-corrected chi connectivity index (χ0v) is 21.9. The van der Waals surface area contributed by atoms with Crippen molar-refractivity contribution >= 4 is 21.6 Å². The van der Waals surface area contributed by atoms with Crippen molar-refractivity contribution in [3.8, 4) is 0 Å². The van der Waals surface area contributed by atoms with Gasteiger partial charge < -0.3 is 15.1 Å². The highest BCUT2D eigenvalue weighted by Gasteiger charge is 2.36. The van der Waals surface area contributed by atoms with E-state index in [2.05, 4.69) is 27.3 Å². The molecule has 2 saturated heterocycles. The number of halogens is 3. The standard InChI is InChI=1S/C24H33F3N6O3S/c1-30-13-15-32(16-14-30)12-10-19-5-3-4-11-33(19)37(35,36)20-8-6-18(7-9-20)28-23(34)21-17-22(24(25,26)27)29-31(21)2/h6-9,17,19H,3-5,10-16H2,1-2H3,(H,28,34). The van der Waals surface area contributed by atoms with E-state index in [1.165, 1.54) is 31.3 Å². The van der Waals surface area contributed by atoms with E-state index in [1.54, 1.807) is 4.31 Å². The van der Waals surface area contributed by atoms with Crippen molar-refractivity contribution in [2.24, 2.45) is 7.05 Å². The Balaban J connectivity index is 1.41. The summed E-state index contributed by atoms with van der Waals surface area (Å²) >= 11 is 0. The molecule has 1 atom stereocenters. The van der Waals surface area contributed by atoms with Gasteiger partial charge in [-0.25, -0.2) is 8.42 Å². The molecule has 13 heteroatoms. The highest BCUT2D eigenvalue weighted by Crippen LogP contribution is 2.30. The van der Waals surface area contributed by atoms with Gasteiger partial charge in [-0.05, 0) is 57.1 Å². The first-order valence-electron chi connectivity index (χ1n) is 12.4. The summed E-state index contributed by atoms with van der Waals surface area (Å²) in [7, 11) is -0.383. The Morgan fingerprint density at radius 3 is 2.35 bits per heavy atom. The van der Waals surface area contributed by atoms with Crippen LogP contribution >= 0.6 is 0 Å². The van der Waals surface area contributed by atoms with Crippen molar-refractivity contribution in [2.75, 3.05) is 51.6 Å². The van der Waals surface area contributed by atoms with Crippen molar-refractivity contribution in [3.05, 3.63) is 41.7 Å². The number of likely N-dealkylation sites (N-methyl/N-ethyl adjacent to an activating group) is 1. The molecule has 1 aromatic carbocycles. The minimum atomic E-state index is -4.66. The summed E-state index contributed by atoms with van der Waals surface area (Å²) in [6.45, 7) is 5.33. The molecule has 1 aromatic heterocycles. The van der Waals surface area contributed by atoms with E-state index in [0.717, 1.165) is 63.1 Å². The lowest BCUT2D eigenvalue weighted by atomic mass is 10.0. The first kappa shape index (κ1) is 27.6. The van der Waals surface area contributed by atoms with Gasteiger partial charge in [0.15, 0.2) is 5.69 Å². The number of alkyl halides is 3. The highest BCUT2D eigenvalue weighted by atomic mass is 32.2. The number of piperidine rings is 1. The van der Waals surface area contributed by atoms with E-state index >= 15 is 0 Å². The van der Waals surface area contributed by atoms with Crippen LogP contribution in [0.4, 0.5) is 18.9 Å². The summed E-state index contributed by atoms with van der Waals surface area (Å²) in [5.41, 5.74) is -1.16. The molecule has 0 radical (unpaired) electrons. The second-order valence-electron chi connectivity index (χ2n) is 9.71. The van der Waals surface area contributed by atoms with Gasteiger partial charge >= 0.3 is 6.18 Å². The number of anilines is 1. The molecule has 2 fully saturated rings. The molecule has 3 heterocycles. The number of sulfonamides is 1. The zero-order chi connectivity index (χ0) is 26.8. The lowest BCUT2D eigenvalue weighted by molar-refractivity contribution is -0.141. The van der Waals surface area contributed by atoms with Crippen molar-refractivity contribution < 1.29 is 26.4 Å². The number of rotatable bonds is 7. The number of hydrogen-bond acceptors (Lipinski definition) is 6. The number of nitrogens with one attached hydrogen (secondary N) is 1. The van der Waals surface area contributed by atoms with Gasteiger partial charge in [-0.1, -0.05) is 6.42 Å². The van der Waals surface area contributed by atoms with Crippen LogP contribution in [0.5, 0.6) is 0 Å². The summed E-state index contributed by atoms with van der Waals surface area (Å²) in [5, 5.41) is 5.84. The van der Waals surface area contributed by atoms with E-state index in [4.69, 9.17) is 0 Å². The fraction of sp³-hybridized carbons (Fsp3) is 0.583. The van der Waals surface area contributed by atoms with Gasteiger partial charge in [0.1, 0.15) is 5.69 Å². The topological polar surface area (TPSA) is 90.8 Å². The Morgan fingerprint density at radius 1 is 1.05 bits per heavy atom. The Bertz CT molecular complexity index is 1190. The summed E-state index contributed by atoms with van der Waals surface area (Å²) in [6.07, 6.45) is -1.26. The van der Waals surface area contributed by atoms with Gasteiger partial charge in [-0.15, -0.1) is 0 Å². The number of piperazine rings is 1. The average molecular weight is 543 g/mol. The quantitative estimate of drug-likeness (QED) is 0.579. The predicted octanol–water partition coefficient (Wildman–Crippen LogP) is 2.87. The van der Waals surface area contributed by atoms with E-state index < -0.39 is 27.8 Å². The van der Waals surface area contributed by atoms with Crippen molar-refractivity contribution in [3.63, 3.8) is 0 Å². The van der Waals surface area contributed by atoms with Crippen LogP contribution in [0.2, 0.25) is 0 Å². The predicted molar refractivity (Wildman–Crippen MR) is 133 cm³/mol. The average Bonchev–Trinajstić information content (AvgIpc) is 3.26. The summed E-state index contributed by atoms with van der Waals surface area (Å²) in [4.78, 5) is 17.3. The number of amides is 1. The molecule has 1 N–H and O–H groups in total. The molecule has 0 aliphatic carbocycles. The zero-order valence-electron chi connectivity index (χ0n) is 21.0. The van der Waals surface area contributed by atoms with Gasteiger partial charge in [0.2, 0.25) is 10.0 Å². The third-order valence-corrected chi connectivity index (χ3v) is 9.04. The summed E-state index contributed by atoms with van der Waals surface area (Å²) in [6, 6.07) is 6.32. The smallest absolute Gasteiger partial charge is 0.321 e. The number of benzene rings is 1. The van der Waals surface area contributed by atoms with Crippen molar-refractivity contribution in [2.45, 2.75) is 42.8 Å². The molecule has 0 saturated carbocycles. The minimum absolute atomic E-state index is 0.0644. The van der Waals surface area contributed by atoms with Crippen molar-refractivity contribution in [1.29, 1.82) is 0 Å². The molecule has 2 aromatic rings. The summed E-state index contributed by atoms with van der Waals surface area (Å²) < 4.78 is 68.1. The number of nitrogens with zero attached hydrogens (tertiary/aromatic N) is 5. The molecule has 2 aliphatic rings. The van der Waals surface area contributed by atoms with Crippen LogP contribution in [0.25, 0.3) is 0 Å². The second-order valence-corrected chi connectivity index (χ2v) is 11.6. The third-order valence-electron chi connectivity index (χ3n) is 7.07. The molecule has 9 nitrogen and oxygen atoms in total. The summed E-state index contributed by atoms with van der Waals surface area (Å²) in [5.74, 6) is -0.777. The van der Waals surface area contributed by atoms with E-state index in [1.807, 2.05) is 0 Å². The van der Waals surface area contributed by atoms with Crippen molar-refractivity contribution in [1.82, 2.24) is 23.9 Å². The lowest BCUT2D eigenvalue weighted by Gasteiger charge is -2.37. The van der Waals surface area contributed by atoms with Crippen LogP contribution in [0.15, 0.2) is 35.2 Å². The Hall–Kier alpha value is -2.48. The number of aromatic nitrogens is 2. The van der Waals surface area contributed by atoms with E-state index in [-0.39, 0.29) is 22.3 Å². The van der Waals surface area contributed by atoms with Gasteiger partial charge in [0, 0.05) is 57.6 Å². The van der Waals surface area contributed by atoms with Crippen LogP contribution in [0.3, 0.4) is 0 Å². The number of carbonyl (C=O) groups excluding carboxylic acids is 1. The Labute approximate surface area is 215 Å². The molecular formula is C24H33F3N6O3S. The largest absolute Gasteiger partial charge is 0.435 e. The first-order valence-corrected chi connectivity index (χ1v) is 13.8. The van der Waals surface area contributed by atoms with Crippen LogP contribution in [-0.2, 0) is 23.2 Å². The highest BCUT2D eigenvalue weighted by molar-refractivity contribution is 7.89. The van der Waals surface area contributed by atoms with Crippen LogP contribution in [-0.4, -0.2) is 90.6 Å². The molecule has 1 unspecified atom stereocenters. The van der Waals surface area contributed by atoms with Gasteiger partial charge in [0.25, 0.3) is 5.91 Å². The fourth-order valence-corrected chi connectivity index (χ4v) is 6.56. The fourth-order valence-electron chi connectivity index (χ4n) is 4.84. The second kappa shape index (κ2) is 11.1.